The minimum atomic E-state index is 0. The molecule has 1 aliphatic heterocycles. The summed E-state index contributed by atoms with van der Waals surface area (Å²) in [6, 6.07) is 4.33. The molecular weight excluding hydrogens is 491 g/mol. The van der Waals surface area contributed by atoms with Crippen LogP contribution in [-0.2, 0) is 11.8 Å². The summed E-state index contributed by atoms with van der Waals surface area (Å²) in [6.45, 7) is 11.3. The van der Waals surface area contributed by atoms with Gasteiger partial charge in [-0.05, 0) is 11.4 Å². The highest BCUT2D eigenvalue weighted by atomic mass is 127. The molecule has 0 saturated carbocycles. The average Bonchev–Trinajstić information content (AvgIpc) is 3.35. The predicted molar refractivity (Wildman–Crippen MR) is 127 cm³/mol. The Hall–Kier alpha value is -0.940. The SMILES string of the molecule is CCc1nsc(N2CCN(C(=NC)NCC(C)(C)c3cccs3)CC2)n1.I. The molecule has 2 aromatic rings. The summed E-state index contributed by atoms with van der Waals surface area (Å²) in [5.74, 6) is 1.93. The molecule has 1 saturated heterocycles. The van der Waals surface area contributed by atoms with Crippen LogP contribution >= 0.6 is 46.8 Å². The number of rotatable bonds is 5. The fourth-order valence-corrected chi connectivity index (χ4v) is 4.66. The van der Waals surface area contributed by atoms with Gasteiger partial charge in [-0.15, -0.1) is 35.3 Å². The van der Waals surface area contributed by atoms with E-state index in [0.29, 0.717) is 0 Å². The van der Waals surface area contributed by atoms with E-state index in [1.54, 1.807) is 0 Å². The van der Waals surface area contributed by atoms with Gasteiger partial charge in [-0.25, -0.2) is 4.98 Å². The number of hydrogen-bond donors (Lipinski definition) is 1. The van der Waals surface area contributed by atoms with Crippen LogP contribution in [0, 0.1) is 0 Å². The molecule has 0 spiro atoms. The molecule has 0 amide bonds. The Bertz CT molecular complexity index is 720. The summed E-state index contributed by atoms with van der Waals surface area (Å²) >= 11 is 3.32. The number of aromatic nitrogens is 2. The van der Waals surface area contributed by atoms with E-state index in [1.165, 1.54) is 16.4 Å². The van der Waals surface area contributed by atoms with Gasteiger partial charge in [0, 0.05) is 68.0 Å². The van der Waals surface area contributed by atoms with Crippen LogP contribution in [0.25, 0.3) is 0 Å². The van der Waals surface area contributed by atoms with Crippen molar-refractivity contribution in [2.75, 3.05) is 44.7 Å². The number of halogens is 1. The lowest BCUT2D eigenvalue weighted by Crippen LogP contribution is -2.53. The molecule has 0 atom stereocenters. The topological polar surface area (TPSA) is 56.7 Å². The molecular formula is C18H29IN6S2. The Morgan fingerprint density at radius 1 is 1.30 bits per heavy atom. The number of guanidine groups is 1. The Morgan fingerprint density at radius 2 is 2.04 bits per heavy atom. The van der Waals surface area contributed by atoms with Crippen molar-refractivity contribution in [1.29, 1.82) is 0 Å². The van der Waals surface area contributed by atoms with Gasteiger partial charge in [0.25, 0.3) is 0 Å². The summed E-state index contributed by atoms with van der Waals surface area (Å²) < 4.78 is 4.40. The number of aryl methyl sites for hydroxylation is 1. The smallest absolute Gasteiger partial charge is 0.205 e. The molecule has 1 N–H and O–H groups in total. The standard InChI is InChI=1S/C18H28N6S2.HI/c1-5-15-21-17(26-22-15)24-10-8-23(9-11-24)16(19-4)20-13-18(2,3)14-7-6-12-25-14;/h6-7,12H,5,8-11,13H2,1-4H3,(H,19,20);1H. The first-order chi connectivity index (χ1) is 12.5. The van der Waals surface area contributed by atoms with Crippen molar-refractivity contribution < 1.29 is 0 Å². The van der Waals surface area contributed by atoms with Crippen molar-refractivity contribution in [3.63, 3.8) is 0 Å². The lowest BCUT2D eigenvalue weighted by molar-refractivity contribution is 0.366. The Labute approximate surface area is 187 Å². The molecule has 150 valence electrons. The predicted octanol–water partition coefficient (Wildman–Crippen LogP) is 3.46. The quantitative estimate of drug-likeness (QED) is 0.372. The van der Waals surface area contributed by atoms with Crippen LogP contribution in [0.3, 0.4) is 0 Å². The van der Waals surface area contributed by atoms with Crippen LogP contribution in [0.1, 0.15) is 31.5 Å². The third-order valence-electron chi connectivity index (χ3n) is 4.71. The monoisotopic (exact) mass is 520 g/mol. The molecule has 1 aliphatic rings. The number of piperazine rings is 1. The zero-order valence-electron chi connectivity index (χ0n) is 16.4. The first-order valence-electron chi connectivity index (χ1n) is 9.10. The first kappa shape index (κ1) is 22.4. The molecule has 0 aliphatic carbocycles. The minimum Gasteiger partial charge on any atom is -0.355 e. The number of nitrogens with one attached hydrogen (secondary N) is 1. The van der Waals surface area contributed by atoms with E-state index in [1.807, 2.05) is 18.4 Å². The molecule has 3 heterocycles. The van der Waals surface area contributed by atoms with Gasteiger partial charge in [-0.2, -0.15) is 4.37 Å². The van der Waals surface area contributed by atoms with Gasteiger partial charge >= 0.3 is 0 Å². The van der Waals surface area contributed by atoms with Gasteiger partial charge in [-0.3, -0.25) is 4.99 Å². The zero-order valence-corrected chi connectivity index (χ0v) is 20.4. The van der Waals surface area contributed by atoms with E-state index >= 15 is 0 Å². The Balaban J connectivity index is 0.00000261. The molecule has 0 bridgehead atoms. The van der Waals surface area contributed by atoms with Gasteiger partial charge in [0.2, 0.25) is 5.13 Å². The Morgan fingerprint density at radius 3 is 2.59 bits per heavy atom. The highest BCUT2D eigenvalue weighted by Crippen LogP contribution is 2.26. The molecule has 1 fully saturated rings. The van der Waals surface area contributed by atoms with Gasteiger partial charge < -0.3 is 15.1 Å². The molecule has 0 radical (unpaired) electrons. The Kier molecular flexibility index (Phi) is 8.29. The second-order valence-corrected chi connectivity index (χ2v) is 8.76. The van der Waals surface area contributed by atoms with Crippen LogP contribution in [-0.4, -0.2) is 60.0 Å². The summed E-state index contributed by atoms with van der Waals surface area (Å²) in [7, 11) is 1.87. The lowest BCUT2D eigenvalue weighted by Gasteiger charge is -2.37. The fourth-order valence-electron chi connectivity index (χ4n) is 3.01. The van der Waals surface area contributed by atoms with Crippen LogP contribution in [0.5, 0.6) is 0 Å². The van der Waals surface area contributed by atoms with E-state index < -0.39 is 0 Å². The van der Waals surface area contributed by atoms with Crippen LogP contribution in [0.2, 0.25) is 0 Å². The van der Waals surface area contributed by atoms with Crippen molar-refractivity contribution in [3.05, 3.63) is 28.2 Å². The van der Waals surface area contributed by atoms with Crippen LogP contribution in [0.15, 0.2) is 22.5 Å². The number of anilines is 1. The summed E-state index contributed by atoms with van der Waals surface area (Å²) in [4.78, 5) is 15.2. The molecule has 9 heteroatoms. The number of hydrogen-bond acceptors (Lipinski definition) is 6. The number of nitrogens with zero attached hydrogens (tertiary/aromatic N) is 5. The maximum atomic E-state index is 4.61. The largest absolute Gasteiger partial charge is 0.355 e. The van der Waals surface area contributed by atoms with Gasteiger partial charge in [0.15, 0.2) is 5.96 Å². The summed E-state index contributed by atoms with van der Waals surface area (Å²) in [6.07, 6.45) is 0.896. The van der Waals surface area contributed by atoms with Gasteiger partial charge in [-0.1, -0.05) is 26.8 Å². The highest BCUT2D eigenvalue weighted by molar-refractivity contribution is 14.0. The first-order valence-corrected chi connectivity index (χ1v) is 10.8. The van der Waals surface area contributed by atoms with Crippen LogP contribution < -0.4 is 10.2 Å². The average molecular weight is 521 g/mol. The van der Waals surface area contributed by atoms with E-state index in [0.717, 1.165) is 56.1 Å². The van der Waals surface area contributed by atoms with E-state index in [9.17, 15) is 0 Å². The third-order valence-corrected chi connectivity index (χ3v) is 6.76. The van der Waals surface area contributed by atoms with Crippen molar-refractivity contribution in [3.8, 4) is 0 Å². The van der Waals surface area contributed by atoms with E-state index in [2.05, 4.69) is 67.8 Å². The normalized spacial score (nSPS) is 15.6. The van der Waals surface area contributed by atoms with Crippen molar-refractivity contribution in [1.82, 2.24) is 19.6 Å². The maximum Gasteiger partial charge on any atom is 0.205 e. The fraction of sp³-hybridized carbons (Fsp3) is 0.611. The molecule has 6 nitrogen and oxygen atoms in total. The lowest BCUT2D eigenvalue weighted by atomic mass is 9.91. The minimum absolute atomic E-state index is 0. The summed E-state index contributed by atoms with van der Waals surface area (Å²) in [5.41, 5.74) is 0.0923. The molecule has 27 heavy (non-hydrogen) atoms. The highest BCUT2D eigenvalue weighted by Gasteiger charge is 2.25. The molecule has 0 unspecified atom stereocenters. The van der Waals surface area contributed by atoms with Gasteiger partial charge in [0.05, 0.1) is 0 Å². The molecule has 3 rings (SSSR count). The summed E-state index contributed by atoms with van der Waals surface area (Å²) in [5, 5.41) is 6.76. The van der Waals surface area contributed by atoms with Crippen molar-refractivity contribution >= 4 is 57.9 Å². The number of thiophene rings is 1. The third kappa shape index (κ3) is 5.54. The van der Waals surface area contributed by atoms with E-state index in [4.69, 9.17) is 0 Å². The maximum absolute atomic E-state index is 4.61. The zero-order chi connectivity index (χ0) is 18.6. The second kappa shape index (κ2) is 10.0. The van der Waals surface area contributed by atoms with Gasteiger partial charge in [0.1, 0.15) is 5.82 Å². The molecule has 0 aromatic carbocycles. The van der Waals surface area contributed by atoms with E-state index in [-0.39, 0.29) is 29.4 Å². The van der Waals surface area contributed by atoms with Crippen molar-refractivity contribution in [2.45, 2.75) is 32.6 Å². The van der Waals surface area contributed by atoms with Crippen molar-refractivity contribution in [2.24, 2.45) is 4.99 Å². The van der Waals surface area contributed by atoms with Crippen LogP contribution in [0.4, 0.5) is 5.13 Å². The molecule has 2 aromatic heterocycles. The number of aliphatic imine (C=N–C) groups is 1. The second-order valence-electron chi connectivity index (χ2n) is 7.08.